The standard InChI is InChI=1S/C13H15F2NO4/c1-3-16(8-17)13(2,11(18)19)9-4-6-10(7-5-9)20-12(14)15/h4-8,12H,3H2,1-2H3,(H,18,19). The fourth-order valence-electron chi connectivity index (χ4n) is 1.87. The van der Waals surface area contributed by atoms with E-state index in [1.807, 2.05) is 0 Å². The Labute approximate surface area is 114 Å². The van der Waals surface area contributed by atoms with Gasteiger partial charge in [0.2, 0.25) is 6.41 Å². The third-order valence-corrected chi connectivity index (χ3v) is 3.10. The number of likely N-dealkylation sites (N-methyl/N-ethyl adjacent to an activating group) is 1. The van der Waals surface area contributed by atoms with Crippen LogP contribution in [0.4, 0.5) is 8.78 Å². The zero-order valence-corrected chi connectivity index (χ0v) is 11.0. The second-order valence-electron chi connectivity index (χ2n) is 4.17. The van der Waals surface area contributed by atoms with E-state index in [-0.39, 0.29) is 12.3 Å². The second-order valence-corrected chi connectivity index (χ2v) is 4.17. The van der Waals surface area contributed by atoms with Crippen molar-refractivity contribution in [3.05, 3.63) is 29.8 Å². The molecule has 110 valence electrons. The van der Waals surface area contributed by atoms with E-state index in [1.165, 1.54) is 31.2 Å². The van der Waals surface area contributed by atoms with Crippen LogP contribution in [0.3, 0.4) is 0 Å². The third-order valence-electron chi connectivity index (χ3n) is 3.10. The SMILES string of the molecule is CCN(C=O)C(C)(C(=O)O)c1ccc(OC(F)F)cc1. The van der Waals surface area contributed by atoms with Gasteiger partial charge < -0.3 is 14.7 Å². The molecule has 20 heavy (non-hydrogen) atoms. The van der Waals surface area contributed by atoms with Crippen molar-refractivity contribution >= 4 is 12.4 Å². The lowest BCUT2D eigenvalue weighted by Crippen LogP contribution is -2.49. The fourth-order valence-corrected chi connectivity index (χ4v) is 1.87. The first-order valence-corrected chi connectivity index (χ1v) is 5.87. The maximum Gasteiger partial charge on any atom is 0.387 e. The van der Waals surface area contributed by atoms with Crippen molar-refractivity contribution in [1.29, 1.82) is 0 Å². The Hall–Kier alpha value is -2.18. The summed E-state index contributed by atoms with van der Waals surface area (Å²) in [5, 5.41) is 9.38. The number of hydrogen-bond acceptors (Lipinski definition) is 3. The molecular weight excluding hydrogens is 272 g/mol. The van der Waals surface area contributed by atoms with Crippen molar-refractivity contribution in [1.82, 2.24) is 4.90 Å². The number of benzene rings is 1. The third kappa shape index (κ3) is 3.04. The van der Waals surface area contributed by atoms with Crippen LogP contribution in [0, 0.1) is 0 Å². The van der Waals surface area contributed by atoms with Crippen molar-refractivity contribution < 1.29 is 28.2 Å². The maximum atomic E-state index is 12.0. The van der Waals surface area contributed by atoms with Crippen LogP contribution in [0.25, 0.3) is 0 Å². The molecule has 1 amide bonds. The van der Waals surface area contributed by atoms with Gasteiger partial charge in [0.15, 0.2) is 5.54 Å². The summed E-state index contributed by atoms with van der Waals surface area (Å²) < 4.78 is 28.3. The monoisotopic (exact) mass is 287 g/mol. The number of rotatable bonds is 7. The van der Waals surface area contributed by atoms with Crippen molar-refractivity contribution in [3.8, 4) is 5.75 Å². The van der Waals surface area contributed by atoms with E-state index in [1.54, 1.807) is 6.92 Å². The van der Waals surface area contributed by atoms with Gasteiger partial charge in [0.05, 0.1) is 0 Å². The minimum Gasteiger partial charge on any atom is -0.479 e. The van der Waals surface area contributed by atoms with Crippen LogP contribution in [0.2, 0.25) is 0 Å². The number of amides is 1. The molecule has 0 fully saturated rings. The number of alkyl halides is 2. The number of nitrogens with zero attached hydrogens (tertiary/aromatic N) is 1. The van der Waals surface area contributed by atoms with E-state index in [2.05, 4.69) is 4.74 Å². The zero-order chi connectivity index (χ0) is 15.3. The number of halogens is 2. The molecule has 0 bridgehead atoms. The van der Waals surface area contributed by atoms with Gasteiger partial charge in [0.1, 0.15) is 5.75 Å². The summed E-state index contributed by atoms with van der Waals surface area (Å²) >= 11 is 0. The minimum atomic E-state index is -2.95. The maximum absolute atomic E-state index is 12.0. The molecule has 1 aromatic rings. The van der Waals surface area contributed by atoms with Crippen molar-refractivity contribution in [3.63, 3.8) is 0 Å². The molecule has 0 heterocycles. The largest absolute Gasteiger partial charge is 0.479 e. The van der Waals surface area contributed by atoms with Crippen molar-refractivity contribution in [2.75, 3.05) is 6.54 Å². The van der Waals surface area contributed by atoms with E-state index in [4.69, 9.17) is 0 Å². The Bertz CT molecular complexity index is 478. The predicted octanol–water partition coefficient (Wildman–Crippen LogP) is 2.07. The van der Waals surface area contributed by atoms with E-state index in [9.17, 15) is 23.5 Å². The molecule has 1 aromatic carbocycles. The predicted molar refractivity (Wildman–Crippen MR) is 66.5 cm³/mol. The number of ether oxygens (including phenoxy) is 1. The van der Waals surface area contributed by atoms with Gasteiger partial charge in [0.25, 0.3) is 0 Å². The molecule has 0 spiro atoms. The molecule has 7 heteroatoms. The van der Waals surface area contributed by atoms with E-state index in [0.29, 0.717) is 12.0 Å². The summed E-state index contributed by atoms with van der Waals surface area (Å²) in [7, 11) is 0. The quantitative estimate of drug-likeness (QED) is 0.780. The highest BCUT2D eigenvalue weighted by atomic mass is 19.3. The Morgan fingerprint density at radius 2 is 2.00 bits per heavy atom. The molecule has 0 aromatic heterocycles. The Kier molecular flexibility index (Phi) is 5.01. The van der Waals surface area contributed by atoms with Crippen LogP contribution in [-0.2, 0) is 15.1 Å². The Balaban J connectivity index is 3.16. The van der Waals surface area contributed by atoms with Crippen molar-refractivity contribution in [2.45, 2.75) is 26.0 Å². The summed E-state index contributed by atoms with van der Waals surface area (Å²) in [4.78, 5) is 23.6. The molecular formula is C13H15F2NO4. The molecule has 1 rings (SSSR count). The molecule has 0 aliphatic rings. The van der Waals surface area contributed by atoms with Gasteiger partial charge in [-0.3, -0.25) is 4.79 Å². The van der Waals surface area contributed by atoms with Gasteiger partial charge in [-0.05, 0) is 31.5 Å². The highest BCUT2D eigenvalue weighted by molar-refractivity contribution is 5.82. The lowest BCUT2D eigenvalue weighted by molar-refractivity contribution is -0.154. The van der Waals surface area contributed by atoms with Gasteiger partial charge in [0, 0.05) is 6.54 Å². The highest BCUT2D eigenvalue weighted by Gasteiger charge is 2.40. The number of carbonyl (C=O) groups is 2. The molecule has 0 saturated heterocycles. The average molecular weight is 287 g/mol. The number of carbonyl (C=O) groups excluding carboxylic acids is 1. The summed E-state index contributed by atoms with van der Waals surface area (Å²) in [6.45, 7) is 0.260. The van der Waals surface area contributed by atoms with E-state index >= 15 is 0 Å². The summed E-state index contributed by atoms with van der Waals surface area (Å²) in [5.74, 6) is -1.29. The van der Waals surface area contributed by atoms with Crippen LogP contribution in [0.15, 0.2) is 24.3 Å². The van der Waals surface area contributed by atoms with Crippen LogP contribution in [0.1, 0.15) is 19.4 Å². The lowest BCUT2D eigenvalue weighted by atomic mass is 9.90. The first-order valence-electron chi connectivity index (χ1n) is 5.87. The summed E-state index contributed by atoms with van der Waals surface area (Å²) in [6, 6.07) is 5.17. The second kappa shape index (κ2) is 6.31. The van der Waals surface area contributed by atoms with Gasteiger partial charge in [-0.15, -0.1) is 0 Å². The first-order chi connectivity index (χ1) is 9.36. The number of hydrogen-bond donors (Lipinski definition) is 1. The molecule has 1 unspecified atom stereocenters. The molecule has 0 aliphatic carbocycles. The Morgan fingerprint density at radius 3 is 2.35 bits per heavy atom. The van der Waals surface area contributed by atoms with Gasteiger partial charge >= 0.3 is 12.6 Å². The van der Waals surface area contributed by atoms with E-state index in [0.717, 1.165) is 4.90 Å². The summed E-state index contributed by atoms with van der Waals surface area (Å²) in [6.07, 6.45) is 0.442. The highest BCUT2D eigenvalue weighted by Crippen LogP contribution is 2.29. The van der Waals surface area contributed by atoms with Crippen LogP contribution < -0.4 is 4.74 Å². The van der Waals surface area contributed by atoms with Crippen LogP contribution in [-0.4, -0.2) is 35.5 Å². The van der Waals surface area contributed by atoms with Gasteiger partial charge in [-0.1, -0.05) is 12.1 Å². The molecule has 1 atom stereocenters. The molecule has 5 nitrogen and oxygen atoms in total. The number of carboxylic acids is 1. The van der Waals surface area contributed by atoms with Crippen molar-refractivity contribution in [2.24, 2.45) is 0 Å². The average Bonchev–Trinajstić information content (AvgIpc) is 2.39. The lowest BCUT2D eigenvalue weighted by Gasteiger charge is -2.34. The van der Waals surface area contributed by atoms with Gasteiger partial charge in [-0.2, -0.15) is 8.78 Å². The Morgan fingerprint density at radius 1 is 1.45 bits per heavy atom. The molecule has 0 radical (unpaired) electrons. The summed E-state index contributed by atoms with van der Waals surface area (Å²) in [5.41, 5.74) is -1.28. The van der Waals surface area contributed by atoms with Gasteiger partial charge in [-0.25, -0.2) is 4.79 Å². The number of aliphatic carboxylic acids is 1. The van der Waals surface area contributed by atoms with Crippen LogP contribution >= 0.6 is 0 Å². The minimum absolute atomic E-state index is 0.0781. The molecule has 1 N–H and O–H groups in total. The topological polar surface area (TPSA) is 66.8 Å². The smallest absolute Gasteiger partial charge is 0.387 e. The fraction of sp³-hybridized carbons (Fsp3) is 0.385. The number of carboxylic acid groups (broad SMARTS) is 1. The van der Waals surface area contributed by atoms with E-state index < -0.39 is 18.1 Å². The normalized spacial score (nSPS) is 13.7. The van der Waals surface area contributed by atoms with Crippen LogP contribution in [0.5, 0.6) is 5.75 Å². The first kappa shape index (κ1) is 15.9. The molecule has 0 saturated carbocycles. The zero-order valence-electron chi connectivity index (χ0n) is 11.0. The molecule has 0 aliphatic heterocycles.